The van der Waals surface area contributed by atoms with E-state index >= 15 is 0 Å². The number of hydrogen-bond donors (Lipinski definition) is 0. The summed E-state index contributed by atoms with van der Waals surface area (Å²) in [5.41, 5.74) is 1.87. The molecule has 0 N–H and O–H groups in total. The summed E-state index contributed by atoms with van der Waals surface area (Å²) in [6, 6.07) is 14.0. The summed E-state index contributed by atoms with van der Waals surface area (Å²) in [5, 5.41) is 13.1. The molecule has 1 aliphatic rings. The van der Waals surface area contributed by atoms with Crippen LogP contribution < -0.4 is 19.1 Å². The van der Waals surface area contributed by atoms with Crippen molar-refractivity contribution in [3.63, 3.8) is 0 Å². The molecule has 3 aromatic rings. The third-order valence-corrected chi connectivity index (χ3v) is 7.01. The van der Waals surface area contributed by atoms with Gasteiger partial charge < -0.3 is 19.1 Å². The maximum absolute atomic E-state index is 5.85. The van der Waals surface area contributed by atoms with Crippen molar-refractivity contribution in [1.82, 2.24) is 25.1 Å². The van der Waals surface area contributed by atoms with Crippen LogP contribution in [0, 0.1) is 0 Å². The Bertz CT molecular complexity index is 1120. The van der Waals surface area contributed by atoms with Gasteiger partial charge in [0.15, 0.2) is 17.3 Å². The van der Waals surface area contributed by atoms with Crippen LogP contribution in [0.3, 0.4) is 0 Å². The average molecular weight is 481 g/mol. The van der Waals surface area contributed by atoms with Gasteiger partial charge in [0.2, 0.25) is 0 Å². The topological polar surface area (TPSA) is 77.8 Å². The first-order valence-electron chi connectivity index (χ1n) is 12.1. The van der Waals surface area contributed by atoms with E-state index in [0.29, 0.717) is 11.5 Å². The Labute approximate surface area is 207 Å². The second-order valence-electron chi connectivity index (χ2n) is 9.30. The number of nitrogens with zero attached hydrogens (tertiary/aromatic N) is 6. The van der Waals surface area contributed by atoms with Gasteiger partial charge in [-0.15, -0.1) is 5.10 Å². The Morgan fingerprint density at radius 2 is 1.57 bits per heavy atom. The molecule has 188 valence electrons. The maximum atomic E-state index is 5.85. The smallest absolute Gasteiger partial charge is 0.173 e. The van der Waals surface area contributed by atoms with Crippen LogP contribution in [0.2, 0.25) is 0 Å². The molecule has 2 aromatic carbocycles. The molecule has 9 nitrogen and oxygen atoms in total. The number of para-hydroxylation sites is 3. The van der Waals surface area contributed by atoms with E-state index in [1.165, 1.54) is 0 Å². The van der Waals surface area contributed by atoms with Gasteiger partial charge in [-0.2, -0.15) is 0 Å². The molecular formula is C26H36N6O3. The molecule has 0 bridgehead atoms. The molecule has 1 atom stereocenters. The van der Waals surface area contributed by atoms with Crippen molar-refractivity contribution in [2.45, 2.75) is 38.8 Å². The van der Waals surface area contributed by atoms with E-state index < -0.39 is 0 Å². The number of rotatable bonds is 9. The lowest BCUT2D eigenvalue weighted by Gasteiger charge is -2.41. The van der Waals surface area contributed by atoms with Gasteiger partial charge in [0.05, 0.1) is 32.6 Å². The van der Waals surface area contributed by atoms with E-state index in [4.69, 9.17) is 14.2 Å². The number of ether oxygens (including phenoxy) is 3. The van der Waals surface area contributed by atoms with Crippen molar-refractivity contribution in [2.75, 3.05) is 52.4 Å². The van der Waals surface area contributed by atoms with Gasteiger partial charge in [-0.1, -0.05) is 31.2 Å². The molecule has 0 radical (unpaired) electrons. The highest BCUT2D eigenvalue weighted by molar-refractivity contribution is 5.58. The van der Waals surface area contributed by atoms with Gasteiger partial charge in [-0.25, -0.2) is 4.68 Å². The first kappa shape index (κ1) is 24.8. The lowest BCUT2D eigenvalue weighted by molar-refractivity contribution is 0.183. The molecule has 1 saturated heterocycles. The minimum absolute atomic E-state index is 0.194. The van der Waals surface area contributed by atoms with Crippen molar-refractivity contribution in [1.29, 1.82) is 0 Å². The summed E-state index contributed by atoms with van der Waals surface area (Å²) in [4.78, 5) is 4.80. The second-order valence-corrected chi connectivity index (χ2v) is 9.30. The number of tetrazole rings is 1. The fraction of sp³-hybridized carbons (Fsp3) is 0.500. The van der Waals surface area contributed by atoms with E-state index in [0.717, 1.165) is 55.4 Å². The predicted molar refractivity (Wildman–Crippen MR) is 136 cm³/mol. The van der Waals surface area contributed by atoms with Crippen molar-refractivity contribution >= 4 is 5.69 Å². The van der Waals surface area contributed by atoms with E-state index in [1.54, 1.807) is 21.3 Å². The summed E-state index contributed by atoms with van der Waals surface area (Å²) in [7, 11) is 5.05. The highest BCUT2D eigenvalue weighted by atomic mass is 16.5. The lowest BCUT2D eigenvalue weighted by Crippen LogP contribution is -2.49. The number of hydrogen-bond acceptors (Lipinski definition) is 8. The standard InChI is InChI=1S/C26H36N6O3/c1-7-26(2,3)32-25(27-28-29-32)23(19-11-10-14-22(34-5)24(19)35-6)31-17-15-30(16-18-31)20-12-8-9-13-21(20)33-4/h8-14,23H,7,15-18H2,1-6H3/t23-/m1/s1. The molecule has 1 fully saturated rings. The zero-order valence-corrected chi connectivity index (χ0v) is 21.6. The molecule has 0 aliphatic carbocycles. The molecule has 1 aliphatic heterocycles. The predicted octanol–water partition coefficient (Wildman–Crippen LogP) is 3.76. The largest absolute Gasteiger partial charge is 0.495 e. The van der Waals surface area contributed by atoms with E-state index in [1.807, 2.05) is 28.9 Å². The fourth-order valence-electron chi connectivity index (χ4n) is 4.68. The van der Waals surface area contributed by atoms with Gasteiger partial charge in [-0.05, 0) is 48.9 Å². The zero-order valence-electron chi connectivity index (χ0n) is 21.6. The normalized spacial score (nSPS) is 15.7. The van der Waals surface area contributed by atoms with Crippen LogP contribution in [0.25, 0.3) is 0 Å². The first-order chi connectivity index (χ1) is 16.9. The van der Waals surface area contributed by atoms with E-state index in [2.05, 4.69) is 64.3 Å². The number of anilines is 1. The van der Waals surface area contributed by atoms with Crippen LogP contribution in [0.5, 0.6) is 17.2 Å². The third-order valence-electron chi connectivity index (χ3n) is 7.01. The average Bonchev–Trinajstić information content (AvgIpc) is 3.39. The summed E-state index contributed by atoms with van der Waals surface area (Å²) in [6.07, 6.45) is 0.897. The van der Waals surface area contributed by atoms with Crippen molar-refractivity contribution < 1.29 is 14.2 Å². The Balaban J connectivity index is 1.73. The van der Waals surface area contributed by atoms with Crippen molar-refractivity contribution in [2.24, 2.45) is 0 Å². The monoisotopic (exact) mass is 480 g/mol. The van der Waals surface area contributed by atoms with Gasteiger partial charge >= 0.3 is 0 Å². The summed E-state index contributed by atoms with van der Waals surface area (Å²) in [6.45, 7) is 9.81. The van der Waals surface area contributed by atoms with Gasteiger partial charge in [0.25, 0.3) is 0 Å². The Morgan fingerprint density at radius 3 is 2.23 bits per heavy atom. The Kier molecular flexibility index (Phi) is 7.45. The van der Waals surface area contributed by atoms with Crippen molar-refractivity contribution in [3.05, 3.63) is 53.9 Å². The lowest BCUT2D eigenvalue weighted by atomic mass is 9.98. The molecule has 0 unspecified atom stereocenters. The van der Waals surface area contributed by atoms with Crippen LogP contribution in [0.15, 0.2) is 42.5 Å². The molecular weight excluding hydrogens is 444 g/mol. The van der Waals surface area contributed by atoms with Crippen LogP contribution in [0.4, 0.5) is 5.69 Å². The molecule has 0 saturated carbocycles. The van der Waals surface area contributed by atoms with Gasteiger partial charge in [0, 0.05) is 31.7 Å². The second kappa shape index (κ2) is 10.5. The third kappa shape index (κ3) is 4.77. The first-order valence-corrected chi connectivity index (χ1v) is 12.1. The molecule has 35 heavy (non-hydrogen) atoms. The Morgan fingerprint density at radius 1 is 0.886 bits per heavy atom. The minimum Gasteiger partial charge on any atom is -0.495 e. The number of methoxy groups -OCH3 is 3. The van der Waals surface area contributed by atoms with Crippen LogP contribution in [0.1, 0.15) is 44.6 Å². The molecule has 9 heteroatoms. The van der Waals surface area contributed by atoms with Gasteiger partial charge in [0.1, 0.15) is 11.8 Å². The van der Waals surface area contributed by atoms with Gasteiger partial charge in [-0.3, -0.25) is 4.90 Å². The number of benzene rings is 2. The highest BCUT2D eigenvalue weighted by Crippen LogP contribution is 2.41. The molecule has 4 rings (SSSR count). The molecule has 1 aromatic heterocycles. The summed E-state index contributed by atoms with van der Waals surface area (Å²) >= 11 is 0. The SMILES string of the molecule is CCC(C)(C)n1nnnc1[C@@H](c1cccc(OC)c1OC)N1CCN(c2ccccc2OC)CC1. The fourth-order valence-corrected chi connectivity index (χ4v) is 4.68. The molecule has 0 amide bonds. The van der Waals surface area contributed by atoms with E-state index in [-0.39, 0.29) is 11.6 Å². The quantitative estimate of drug-likeness (QED) is 0.458. The summed E-state index contributed by atoms with van der Waals surface area (Å²) in [5.74, 6) is 3.09. The van der Waals surface area contributed by atoms with Crippen LogP contribution in [-0.4, -0.2) is 72.6 Å². The van der Waals surface area contributed by atoms with Crippen molar-refractivity contribution in [3.8, 4) is 17.2 Å². The molecule has 0 spiro atoms. The van der Waals surface area contributed by atoms with E-state index in [9.17, 15) is 0 Å². The highest BCUT2D eigenvalue weighted by Gasteiger charge is 2.36. The maximum Gasteiger partial charge on any atom is 0.173 e. The number of aromatic nitrogens is 4. The zero-order chi connectivity index (χ0) is 25.0. The molecule has 2 heterocycles. The number of piperazine rings is 1. The minimum atomic E-state index is -0.234. The Hall–Kier alpha value is -3.33. The summed E-state index contributed by atoms with van der Waals surface area (Å²) < 4.78 is 19.0. The van der Waals surface area contributed by atoms with Crippen LogP contribution >= 0.6 is 0 Å². The van der Waals surface area contributed by atoms with Crippen LogP contribution in [-0.2, 0) is 5.54 Å².